The van der Waals surface area contributed by atoms with Crippen LogP contribution in [0.4, 0.5) is 0 Å². The molecule has 0 fully saturated rings. The van der Waals surface area contributed by atoms with Crippen molar-refractivity contribution < 1.29 is 42.3 Å². The minimum atomic E-state index is -1.08. The van der Waals surface area contributed by atoms with E-state index in [1.54, 1.807) is 11.3 Å². The van der Waals surface area contributed by atoms with Crippen molar-refractivity contribution in [2.45, 2.75) is 20.8 Å². The van der Waals surface area contributed by atoms with Crippen molar-refractivity contribution in [1.29, 1.82) is 0 Å². The maximum Gasteiger partial charge on any atom is 2.00 e. The van der Waals surface area contributed by atoms with E-state index < -0.39 is 11.9 Å². The molecular weight excluding hydrogens is 275 g/mol. The Labute approximate surface area is 109 Å². The first-order valence-electron chi connectivity index (χ1n) is 3.71. The number of carboxylic acids is 2. The molecule has 2 N–H and O–H groups in total. The molecule has 0 atom stereocenters. The standard InChI is InChI=1S/C5H6S.2C2H4O2.Mn.H2O/c1-5-3-2-4-6-5;2*1-2(3)4;;/h2-4H,1H3;2*1H3,(H,3,4);;1H2/q;;;+2;/p-2. The molecule has 0 aliphatic carbocycles. The molecular formula is C9H14MnO5S. The number of rotatable bonds is 0. The summed E-state index contributed by atoms with van der Waals surface area (Å²) in [4.78, 5) is 19.2. The van der Waals surface area contributed by atoms with Crippen molar-refractivity contribution in [1.82, 2.24) is 0 Å². The van der Waals surface area contributed by atoms with Gasteiger partial charge < -0.3 is 25.3 Å². The zero-order valence-electron chi connectivity index (χ0n) is 9.15. The molecule has 0 spiro atoms. The molecule has 93 valence electrons. The predicted octanol–water partition coefficient (Wildman–Crippen LogP) is -1.26. The van der Waals surface area contributed by atoms with E-state index in [4.69, 9.17) is 19.8 Å². The van der Waals surface area contributed by atoms with Crippen LogP contribution in [0.5, 0.6) is 0 Å². The number of aliphatic carboxylic acids is 2. The molecule has 0 aromatic carbocycles. The summed E-state index contributed by atoms with van der Waals surface area (Å²) in [5.41, 5.74) is 0. The van der Waals surface area contributed by atoms with Crippen molar-refractivity contribution in [3.8, 4) is 0 Å². The van der Waals surface area contributed by atoms with Crippen molar-refractivity contribution in [2.75, 3.05) is 0 Å². The molecule has 0 amide bonds. The van der Waals surface area contributed by atoms with Crippen LogP contribution < -0.4 is 10.2 Å². The molecule has 1 heterocycles. The van der Waals surface area contributed by atoms with Gasteiger partial charge in [-0.05, 0) is 32.2 Å². The third kappa shape index (κ3) is 51.5. The number of thiophene rings is 1. The van der Waals surface area contributed by atoms with Gasteiger partial charge in [-0.3, -0.25) is 0 Å². The summed E-state index contributed by atoms with van der Waals surface area (Å²) in [7, 11) is 0. The Morgan fingerprint density at radius 1 is 1.19 bits per heavy atom. The Morgan fingerprint density at radius 2 is 1.50 bits per heavy atom. The van der Waals surface area contributed by atoms with Gasteiger partial charge in [-0.15, -0.1) is 11.3 Å². The van der Waals surface area contributed by atoms with Crippen LogP contribution in [0.15, 0.2) is 17.5 Å². The fourth-order valence-electron chi connectivity index (χ4n) is 0.361. The van der Waals surface area contributed by atoms with Gasteiger partial charge in [0.15, 0.2) is 0 Å². The Bertz CT molecular complexity index is 241. The summed E-state index contributed by atoms with van der Waals surface area (Å²) in [5, 5.41) is 19.9. The first-order valence-corrected chi connectivity index (χ1v) is 4.59. The van der Waals surface area contributed by atoms with E-state index in [2.05, 4.69) is 24.4 Å². The Morgan fingerprint density at radius 3 is 1.56 bits per heavy atom. The molecule has 16 heavy (non-hydrogen) atoms. The van der Waals surface area contributed by atoms with Crippen LogP contribution in [0, 0.1) is 6.92 Å². The molecule has 0 unspecified atom stereocenters. The molecule has 1 aromatic rings. The SMILES string of the molecule is CC(=O)[O-].CC(=O)[O-].Cc1cccs1.O.[Mn+2]. The third-order valence-electron chi connectivity index (χ3n) is 0.663. The van der Waals surface area contributed by atoms with E-state index in [0.717, 1.165) is 13.8 Å². The molecule has 5 nitrogen and oxygen atoms in total. The summed E-state index contributed by atoms with van der Waals surface area (Å²) in [6.45, 7) is 4.05. The third-order valence-corrected chi connectivity index (χ3v) is 1.46. The van der Waals surface area contributed by atoms with Gasteiger partial charge in [-0.25, -0.2) is 0 Å². The molecule has 0 saturated carbocycles. The van der Waals surface area contributed by atoms with E-state index in [0.29, 0.717) is 0 Å². The van der Waals surface area contributed by atoms with Crippen molar-refractivity contribution >= 4 is 23.3 Å². The van der Waals surface area contributed by atoms with Gasteiger partial charge in [0.05, 0.1) is 0 Å². The van der Waals surface area contributed by atoms with Crippen LogP contribution in [0.2, 0.25) is 0 Å². The maximum atomic E-state index is 8.89. The number of carbonyl (C=O) groups excluding carboxylic acids is 2. The first kappa shape index (κ1) is 24.4. The molecule has 0 bridgehead atoms. The predicted molar refractivity (Wildman–Crippen MR) is 54.0 cm³/mol. The molecule has 7 heteroatoms. The van der Waals surface area contributed by atoms with Gasteiger partial charge in [0, 0.05) is 16.8 Å². The average molecular weight is 289 g/mol. The minimum absolute atomic E-state index is 0. The zero-order chi connectivity index (χ0) is 11.6. The first-order chi connectivity index (χ1) is 6.36. The molecule has 0 aliphatic heterocycles. The van der Waals surface area contributed by atoms with Crippen molar-refractivity contribution in [3.63, 3.8) is 0 Å². The molecule has 1 aromatic heterocycles. The van der Waals surface area contributed by atoms with Gasteiger partial charge >= 0.3 is 17.1 Å². The second-order valence-electron chi connectivity index (χ2n) is 2.21. The van der Waals surface area contributed by atoms with Crippen LogP contribution >= 0.6 is 11.3 Å². The number of hydrogen-bond acceptors (Lipinski definition) is 5. The van der Waals surface area contributed by atoms with E-state index in [9.17, 15) is 0 Å². The van der Waals surface area contributed by atoms with Gasteiger partial charge in [-0.1, -0.05) is 6.07 Å². The normalized spacial score (nSPS) is 6.44. The van der Waals surface area contributed by atoms with Gasteiger partial charge in [0.25, 0.3) is 0 Å². The van der Waals surface area contributed by atoms with Crippen molar-refractivity contribution in [3.05, 3.63) is 22.4 Å². The smallest absolute Gasteiger partial charge is 0.550 e. The molecule has 1 radical (unpaired) electrons. The quantitative estimate of drug-likeness (QED) is 0.555. The van der Waals surface area contributed by atoms with E-state index in [1.807, 2.05) is 0 Å². The summed E-state index contributed by atoms with van der Waals surface area (Å²) >= 11 is 1.78. The zero-order valence-corrected chi connectivity index (χ0v) is 11.1. The summed E-state index contributed by atoms with van der Waals surface area (Å²) in [6.07, 6.45) is 0. The largest absolute Gasteiger partial charge is 2.00 e. The summed E-state index contributed by atoms with van der Waals surface area (Å²) in [6, 6.07) is 4.16. The second-order valence-corrected chi connectivity index (χ2v) is 3.36. The van der Waals surface area contributed by atoms with E-state index in [-0.39, 0.29) is 22.5 Å². The van der Waals surface area contributed by atoms with Crippen LogP contribution in [0.25, 0.3) is 0 Å². The van der Waals surface area contributed by atoms with Gasteiger partial charge in [0.2, 0.25) is 0 Å². The van der Waals surface area contributed by atoms with Gasteiger partial charge in [0.1, 0.15) is 0 Å². The van der Waals surface area contributed by atoms with E-state index >= 15 is 0 Å². The van der Waals surface area contributed by atoms with Crippen LogP contribution in [0.1, 0.15) is 18.7 Å². The van der Waals surface area contributed by atoms with Crippen molar-refractivity contribution in [2.24, 2.45) is 0 Å². The van der Waals surface area contributed by atoms with Crippen LogP contribution in [0.3, 0.4) is 0 Å². The fourth-order valence-corrected chi connectivity index (χ4v) is 0.890. The number of aryl methyl sites for hydroxylation is 1. The minimum Gasteiger partial charge on any atom is -0.550 e. The Hall–Kier alpha value is -0.881. The Balaban J connectivity index is -0.0000000660. The summed E-state index contributed by atoms with van der Waals surface area (Å²) in [5.74, 6) is -2.17. The van der Waals surface area contributed by atoms with Gasteiger partial charge in [-0.2, -0.15) is 0 Å². The molecule has 0 aliphatic rings. The van der Waals surface area contributed by atoms with E-state index in [1.165, 1.54) is 4.88 Å². The molecule has 1 rings (SSSR count). The number of hydrogen-bond donors (Lipinski definition) is 0. The fraction of sp³-hybridized carbons (Fsp3) is 0.333. The number of carboxylic acid groups (broad SMARTS) is 2. The number of carbonyl (C=O) groups is 2. The average Bonchev–Trinajstić information content (AvgIpc) is 2.36. The summed E-state index contributed by atoms with van der Waals surface area (Å²) < 4.78 is 0. The monoisotopic (exact) mass is 289 g/mol. The maximum absolute atomic E-state index is 8.89. The topological polar surface area (TPSA) is 112 Å². The Kier molecular flexibility index (Phi) is 25.2. The molecule has 0 saturated heterocycles. The second kappa shape index (κ2) is 16.5. The van der Waals surface area contributed by atoms with Crippen LogP contribution in [-0.2, 0) is 26.7 Å². The van der Waals surface area contributed by atoms with Crippen LogP contribution in [-0.4, -0.2) is 17.4 Å².